The Kier molecular flexibility index (Phi) is 7.03. The lowest BCUT2D eigenvalue weighted by Crippen LogP contribution is -2.65. The normalized spacial score (nSPS) is 47.8. The predicted molar refractivity (Wildman–Crippen MR) is 89.0 cm³/mol. The van der Waals surface area contributed by atoms with Gasteiger partial charge in [-0.2, -0.15) is 0 Å². The SMILES string of the molecule is C[C@@H]1[C@H](O)[C@@H](O[C@@H]2C(C(C)(C)C)O[C@@H](CO)[C@@H](O)[C@@H]2O)O[C@H](CO)[C@H]1O. The molecule has 0 saturated carbocycles. The summed E-state index contributed by atoms with van der Waals surface area (Å²) in [5.74, 6) is -0.629. The van der Waals surface area contributed by atoms with Crippen molar-refractivity contribution in [1.82, 2.24) is 0 Å². The third-order valence-corrected chi connectivity index (χ3v) is 5.24. The minimum Gasteiger partial charge on any atom is -0.394 e. The molecule has 0 spiro atoms. The van der Waals surface area contributed by atoms with Crippen LogP contribution in [0.3, 0.4) is 0 Å². The van der Waals surface area contributed by atoms with E-state index in [0.29, 0.717) is 0 Å². The maximum atomic E-state index is 10.5. The van der Waals surface area contributed by atoms with Gasteiger partial charge in [-0.25, -0.2) is 0 Å². The first-order valence-electron chi connectivity index (χ1n) is 8.93. The molecule has 0 aromatic rings. The Bertz CT molecular complexity index is 452. The van der Waals surface area contributed by atoms with E-state index in [2.05, 4.69) is 0 Å². The summed E-state index contributed by atoms with van der Waals surface area (Å²) < 4.78 is 17.0. The van der Waals surface area contributed by atoms with E-state index in [9.17, 15) is 30.6 Å². The molecule has 2 heterocycles. The Labute approximate surface area is 153 Å². The summed E-state index contributed by atoms with van der Waals surface area (Å²) in [5, 5.41) is 59.9. The van der Waals surface area contributed by atoms with Crippen LogP contribution in [0.2, 0.25) is 0 Å². The quantitative estimate of drug-likeness (QED) is 0.325. The number of hydrogen-bond donors (Lipinski definition) is 6. The smallest absolute Gasteiger partial charge is 0.184 e. The molecule has 0 aromatic heterocycles. The van der Waals surface area contributed by atoms with Crippen LogP contribution < -0.4 is 0 Å². The molecule has 2 rings (SSSR count). The molecule has 9 nitrogen and oxygen atoms in total. The van der Waals surface area contributed by atoms with Gasteiger partial charge < -0.3 is 44.8 Å². The van der Waals surface area contributed by atoms with Gasteiger partial charge in [0.1, 0.15) is 36.6 Å². The van der Waals surface area contributed by atoms with E-state index in [1.165, 1.54) is 0 Å². The third-order valence-electron chi connectivity index (χ3n) is 5.24. The van der Waals surface area contributed by atoms with Crippen molar-refractivity contribution in [2.45, 2.75) is 82.8 Å². The molecule has 10 atom stereocenters. The van der Waals surface area contributed by atoms with E-state index in [4.69, 9.17) is 14.2 Å². The third kappa shape index (κ3) is 4.21. The van der Waals surface area contributed by atoms with E-state index in [1.54, 1.807) is 6.92 Å². The van der Waals surface area contributed by atoms with Crippen molar-refractivity contribution < 1.29 is 44.8 Å². The number of hydrogen-bond acceptors (Lipinski definition) is 9. The second kappa shape index (κ2) is 8.34. The van der Waals surface area contributed by atoms with Gasteiger partial charge in [-0.15, -0.1) is 0 Å². The van der Waals surface area contributed by atoms with E-state index >= 15 is 0 Å². The van der Waals surface area contributed by atoms with Crippen molar-refractivity contribution >= 4 is 0 Å². The molecule has 0 amide bonds. The molecular formula is C17H32O9. The highest BCUT2D eigenvalue weighted by atomic mass is 16.7. The molecule has 0 bridgehead atoms. The number of ether oxygens (including phenoxy) is 3. The predicted octanol–water partition coefficient (Wildman–Crippen LogP) is -2.03. The molecule has 6 N–H and O–H groups in total. The maximum absolute atomic E-state index is 10.5. The van der Waals surface area contributed by atoms with Crippen LogP contribution in [0, 0.1) is 11.3 Å². The molecule has 2 aliphatic heterocycles. The van der Waals surface area contributed by atoms with E-state index in [1.807, 2.05) is 20.8 Å². The summed E-state index contributed by atoms with van der Waals surface area (Å²) in [6, 6.07) is 0. The van der Waals surface area contributed by atoms with Gasteiger partial charge in [0.2, 0.25) is 0 Å². The lowest BCUT2D eigenvalue weighted by atomic mass is 9.80. The summed E-state index contributed by atoms with van der Waals surface area (Å²) in [5.41, 5.74) is -0.514. The molecule has 2 fully saturated rings. The first kappa shape index (κ1) is 21.9. The van der Waals surface area contributed by atoms with Crippen LogP contribution >= 0.6 is 0 Å². The Morgan fingerprint density at radius 1 is 0.808 bits per heavy atom. The van der Waals surface area contributed by atoms with Crippen molar-refractivity contribution in [3.05, 3.63) is 0 Å². The number of rotatable bonds is 4. The molecular weight excluding hydrogens is 348 g/mol. The van der Waals surface area contributed by atoms with Gasteiger partial charge in [-0.1, -0.05) is 27.7 Å². The molecule has 9 heteroatoms. The molecule has 1 unspecified atom stereocenters. The highest BCUT2D eigenvalue weighted by Crippen LogP contribution is 2.37. The fraction of sp³-hybridized carbons (Fsp3) is 1.00. The van der Waals surface area contributed by atoms with Gasteiger partial charge in [-0.3, -0.25) is 0 Å². The summed E-state index contributed by atoms with van der Waals surface area (Å²) in [6.45, 7) is 6.24. The minimum absolute atomic E-state index is 0.459. The second-order valence-corrected chi connectivity index (χ2v) is 8.29. The van der Waals surface area contributed by atoms with Crippen LogP contribution in [0.5, 0.6) is 0 Å². The fourth-order valence-corrected chi connectivity index (χ4v) is 3.48. The lowest BCUT2D eigenvalue weighted by molar-refractivity contribution is -0.341. The van der Waals surface area contributed by atoms with Crippen molar-refractivity contribution in [2.24, 2.45) is 11.3 Å². The highest BCUT2D eigenvalue weighted by Gasteiger charge is 2.52. The van der Waals surface area contributed by atoms with Crippen molar-refractivity contribution in [1.29, 1.82) is 0 Å². The molecule has 0 aliphatic carbocycles. The van der Waals surface area contributed by atoms with Gasteiger partial charge in [0.25, 0.3) is 0 Å². The zero-order valence-electron chi connectivity index (χ0n) is 15.6. The van der Waals surface area contributed by atoms with Crippen LogP contribution in [0.25, 0.3) is 0 Å². The first-order chi connectivity index (χ1) is 12.0. The molecule has 0 radical (unpaired) electrons. The van der Waals surface area contributed by atoms with Gasteiger partial charge in [-0.05, 0) is 5.41 Å². The van der Waals surface area contributed by atoms with Crippen LogP contribution in [0.1, 0.15) is 27.7 Å². The van der Waals surface area contributed by atoms with Crippen LogP contribution in [0.15, 0.2) is 0 Å². The average Bonchev–Trinajstić information content (AvgIpc) is 2.58. The van der Waals surface area contributed by atoms with Crippen LogP contribution in [-0.4, -0.2) is 99.0 Å². The standard InChI is InChI=1S/C17H32O9/c1-7-10(20)8(5-18)25-16(11(7)21)26-14-13(23)12(22)9(6-19)24-15(14)17(2,3)4/h7-16,18-23H,5-6H2,1-4H3/t7-,8+,9-,10-,11-,12+,13-,14-,15?,16+/m0/s1. The topological polar surface area (TPSA) is 149 Å². The van der Waals surface area contributed by atoms with Crippen LogP contribution in [-0.2, 0) is 14.2 Å². The van der Waals surface area contributed by atoms with Crippen molar-refractivity contribution in [2.75, 3.05) is 13.2 Å². The van der Waals surface area contributed by atoms with Crippen molar-refractivity contribution in [3.8, 4) is 0 Å². The van der Waals surface area contributed by atoms with Gasteiger partial charge >= 0.3 is 0 Å². The molecule has 26 heavy (non-hydrogen) atoms. The average molecular weight is 380 g/mol. The summed E-state index contributed by atoms with van der Waals surface area (Å²) in [7, 11) is 0. The Morgan fingerprint density at radius 2 is 1.35 bits per heavy atom. The van der Waals surface area contributed by atoms with Crippen LogP contribution in [0.4, 0.5) is 0 Å². The highest BCUT2D eigenvalue weighted by molar-refractivity contribution is 4.98. The molecule has 154 valence electrons. The largest absolute Gasteiger partial charge is 0.394 e. The first-order valence-corrected chi connectivity index (χ1v) is 8.93. The summed E-state index contributed by atoms with van der Waals surface area (Å²) in [6.07, 6.45) is -9.90. The summed E-state index contributed by atoms with van der Waals surface area (Å²) in [4.78, 5) is 0. The molecule has 2 saturated heterocycles. The fourth-order valence-electron chi connectivity index (χ4n) is 3.48. The number of aliphatic hydroxyl groups excluding tert-OH is 6. The van der Waals surface area contributed by atoms with Gasteiger partial charge in [0, 0.05) is 5.92 Å². The van der Waals surface area contributed by atoms with Gasteiger partial charge in [0.05, 0.1) is 25.4 Å². The Morgan fingerprint density at radius 3 is 1.85 bits per heavy atom. The summed E-state index contributed by atoms with van der Waals surface area (Å²) >= 11 is 0. The maximum Gasteiger partial charge on any atom is 0.184 e. The molecule has 0 aromatic carbocycles. The lowest BCUT2D eigenvalue weighted by Gasteiger charge is -2.49. The minimum atomic E-state index is -1.38. The van der Waals surface area contributed by atoms with E-state index in [-0.39, 0.29) is 0 Å². The zero-order valence-corrected chi connectivity index (χ0v) is 15.6. The molecule has 2 aliphatic rings. The Balaban J connectivity index is 2.23. The monoisotopic (exact) mass is 380 g/mol. The zero-order chi connectivity index (χ0) is 19.8. The van der Waals surface area contributed by atoms with E-state index < -0.39 is 79.7 Å². The van der Waals surface area contributed by atoms with E-state index in [0.717, 1.165) is 0 Å². The van der Waals surface area contributed by atoms with Gasteiger partial charge in [0.15, 0.2) is 6.29 Å². The second-order valence-electron chi connectivity index (χ2n) is 8.29. The Hall–Kier alpha value is -0.360. The van der Waals surface area contributed by atoms with Crippen molar-refractivity contribution in [3.63, 3.8) is 0 Å². The number of aliphatic hydroxyl groups is 6.